The summed E-state index contributed by atoms with van der Waals surface area (Å²) < 4.78 is 6.24. The van der Waals surface area contributed by atoms with Gasteiger partial charge in [-0.05, 0) is 68.0 Å². The molecule has 0 atom stereocenters. The van der Waals surface area contributed by atoms with E-state index in [1.807, 2.05) is 39.0 Å². The molecule has 0 unspecified atom stereocenters. The Bertz CT molecular complexity index is 458. The van der Waals surface area contributed by atoms with E-state index in [4.69, 9.17) is 10.5 Å². The first kappa shape index (κ1) is 16.9. The SMILES string of the molecule is CC(C)(C)OC(=O)NCCCNc1ccc(N)cc1I. The fraction of sp³-hybridized carbons (Fsp3) is 0.500. The quantitative estimate of drug-likeness (QED) is 0.409. The first-order chi connectivity index (χ1) is 9.28. The molecule has 0 radical (unpaired) electrons. The van der Waals surface area contributed by atoms with Gasteiger partial charge in [-0.15, -0.1) is 0 Å². The molecule has 0 aliphatic rings. The van der Waals surface area contributed by atoms with Crippen molar-refractivity contribution < 1.29 is 9.53 Å². The highest BCUT2D eigenvalue weighted by Crippen LogP contribution is 2.20. The van der Waals surface area contributed by atoms with E-state index in [-0.39, 0.29) is 6.09 Å². The molecule has 0 spiro atoms. The van der Waals surface area contributed by atoms with Crippen molar-refractivity contribution in [2.24, 2.45) is 0 Å². The summed E-state index contributed by atoms with van der Waals surface area (Å²) in [7, 11) is 0. The van der Waals surface area contributed by atoms with Crippen LogP contribution in [0.25, 0.3) is 0 Å². The minimum atomic E-state index is -0.456. The molecule has 0 bridgehead atoms. The highest BCUT2D eigenvalue weighted by Gasteiger charge is 2.15. The van der Waals surface area contributed by atoms with Crippen LogP contribution in [-0.2, 0) is 4.74 Å². The van der Waals surface area contributed by atoms with E-state index in [1.165, 1.54) is 0 Å². The average molecular weight is 391 g/mol. The number of hydrogen-bond donors (Lipinski definition) is 3. The lowest BCUT2D eigenvalue weighted by Gasteiger charge is -2.19. The number of carbonyl (C=O) groups excluding carboxylic acids is 1. The second-order valence-electron chi connectivity index (χ2n) is 5.45. The summed E-state index contributed by atoms with van der Waals surface area (Å²) in [6, 6.07) is 5.74. The van der Waals surface area contributed by atoms with Crippen LogP contribution in [0.5, 0.6) is 0 Å². The fourth-order valence-corrected chi connectivity index (χ4v) is 2.22. The van der Waals surface area contributed by atoms with E-state index in [9.17, 15) is 4.79 Å². The Hall–Kier alpha value is -1.18. The van der Waals surface area contributed by atoms with E-state index in [1.54, 1.807) is 0 Å². The lowest BCUT2D eigenvalue weighted by Crippen LogP contribution is -2.33. The fourth-order valence-electron chi connectivity index (χ4n) is 1.49. The zero-order valence-corrected chi connectivity index (χ0v) is 14.3. The standard InChI is InChI=1S/C14H22IN3O2/c1-14(2,3)20-13(19)18-8-4-7-17-12-6-5-10(16)9-11(12)15/h5-6,9,17H,4,7-8,16H2,1-3H3,(H,18,19). The van der Waals surface area contributed by atoms with Gasteiger partial charge in [-0.25, -0.2) is 4.79 Å². The summed E-state index contributed by atoms with van der Waals surface area (Å²) >= 11 is 2.24. The van der Waals surface area contributed by atoms with Crippen molar-refractivity contribution in [1.82, 2.24) is 5.32 Å². The van der Waals surface area contributed by atoms with Gasteiger partial charge in [0.05, 0.1) is 0 Å². The Kier molecular flexibility index (Phi) is 6.38. The Morgan fingerprint density at radius 2 is 2.05 bits per heavy atom. The van der Waals surface area contributed by atoms with Gasteiger partial charge in [-0.3, -0.25) is 0 Å². The Morgan fingerprint density at radius 3 is 2.65 bits per heavy atom. The average Bonchev–Trinajstić information content (AvgIpc) is 2.28. The van der Waals surface area contributed by atoms with Gasteiger partial charge in [0.25, 0.3) is 0 Å². The summed E-state index contributed by atoms with van der Waals surface area (Å²) in [5.41, 5.74) is 7.05. The monoisotopic (exact) mass is 391 g/mol. The first-order valence-electron chi connectivity index (χ1n) is 6.54. The summed E-state index contributed by atoms with van der Waals surface area (Å²) in [5.74, 6) is 0. The number of alkyl carbamates (subject to hydrolysis) is 1. The topological polar surface area (TPSA) is 76.4 Å². The van der Waals surface area contributed by atoms with Crippen LogP contribution < -0.4 is 16.4 Å². The highest BCUT2D eigenvalue weighted by atomic mass is 127. The third-order valence-corrected chi connectivity index (χ3v) is 3.22. The van der Waals surface area contributed by atoms with Crippen molar-refractivity contribution in [2.75, 3.05) is 24.1 Å². The largest absolute Gasteiger partial charge is 0.444 e. The molecule has 1 aromatic carbocycles. The number of nitrogen functional groups attached to an aromatic ring is 1. The summed E-state index contributed by atoms with van der Waals surface area (Å²) in [6.07, 6.45) is 0.444. The van der Waals surface area contributed by atoms with Crippen LogP contribution in [-0.4, -0.2) is 24.8 Å². The van der Waals surface area contributed by atoms with Gasteiger partial charge in [-0.2, -0.15) is 0 Å². The minimum Gasteiger partial charge on any atom is -0.444 e. The van der Waals surface area contributed by atoms with Crippen molar-refractivity contribution in [2.45, 2.75) is 32.8 Å². The van der Waals surface area contributed by atoms with E-state index >= 15 is 0 Å². The molecule has 20 heavy (non-hydrogen) atoms. The van der Waals surface area contributed by atoms with E-state index in [0.717, 1.165) is 27.9 Å². The lowest BCUT2D eigenvalue weighted by atomic mass is 10.2. The minimum absolute atomic E-state index is 0.375. The van der Waals surface area contributed by atoms with Gasteiger partial charge in [0.1, 0.15) is 5.60 Å². The number of nitrogens with one attached hydrogen (secondary N) is 2. The molecule has 0 heterocycles. The van der Waals surface area contributed by atoms with Gasteiger partial charge in [0.2, 0.25) is 0 Å². The van der Waals surface area contributed by atoms with Gasteiger partial charge >= 0.3 is 6.09 Å². The zero-order valence-electron chi connectivity index (χ0n) is 12.1. The van der Waals surface area contributed by atoms with Crippen molar-refractivity contribution in [3.63, 3.8) is 0 Å². The molecule has 0 aliphatic heterocycles. The van der Waals surface area contributed by atoms with Crippen molar-refractivity contribution in [3.05, 3.63) is 21.8 Å². The van der Waals surface area contributed by atoms with Crippen molar-refractivity contribution in [3.8, 4) is 0 Å². The summed E-state index contributed by atoms with van der Waals surface area (Å²) in [5, 5.41) is 6.03. The summed E-state index contributed by atoms with van der Waals surface area (Å²) in [4.78, 5) is 11.4. The number of nitrogens with two attached hydrogens (primary N) is 1. The predicted octanol–water partition coefficient (Wildman–Crippen LogP) is 3.20. The molecule has 1 amide bonds. The molecule has 0 saturated carbocycles. The van der Waals surface area contributed by atoms with Gasteiger partial charge in [0.15, 0.2) is 0 Å². The highest BCUT2D eigenvalue weighted by molar-refractivity contribution is 14.1. The molecule has 0 aliphatic carbocycles. The number of halogens is 1. The molecule has 0 fully saturated rings. The Morgan fingerprint density at radius 1 is 1.35 bits per heavy atom. The number of amides is 1. The number of rotatable bonds is 5. The van der Waals surface area contributed by atoms with Crippen molar-refractivity contribution in [1.29, 1.82) is 0 Å². The van der Waals surface area contributed by atoms with Crippen LogP contribution in [0.2, 0.25) is 0 Å². The normalized spacial score (nSPS) is 11.0. The Labute approximate surface area is 133 Å². The summed E-state index contributed by atoms with van der Waals surface area (Å²) in [6.45, 7) is 6.88. The van der Waals surface area contributed by atoms with Crippen LogP contribution in [0.1, 0.15) is 27.2 Å². The molecule has 4 N–H and O–H groups in total. The van der Waals surface area contributed by atoms with Crippen LogP contribution in [0.3, 0.4) is 0 Å². The van der Waals surface area contributed by atoms with Crippen LogP contribution in [0.4, 0.5) is 16.2 Å². The third-order valence-electron chi connectivity index (χ3n) is 2.33. The van der Waals surface area contributed by atoms with Gasteiger partial charge in [0, 0.05) is 28.0 Å². The van der Waals surface area contributed by atoms with E-state index in [2.05, 4.69) is 33.2 Å². The second kappa shape index (κ2) is 7.56. The molecule has 5 nitrogen and oxygen atoms in total. The first-order valence-corrected chi connectivity index (χ1v) is 7.61. The molecule has 112 valence electrons. The maximum atomic E-state index is 11.4. The maximum Gasteiger partial charge on any atom is 0.407 e. The maximum absolute atomic E-state index is 11.4. The van der Waals surface area contributed by atoms with Gasteiger partial charge in [-0.1, -0.05) is 0 Å². The molecular formula is C14H22IN3O2. The lowest BCUT2D eigenvalue weighted by molar-refractivity contribution is 0.0528. The molecule has 1 rings (SSSR count). The predicted molar refractivity (Wildman–Crippen MR) is 90.9 cm³/mol. The number of anilines is 2. The van der Waals surface area contributed by atoms with E-state index in [0.29, 0.717) is 6.54 Å². The smallest absolute Gasteiger partial charge is 0.407 e. The van der Waals surface area contributed by atoms with Crippen LogP contribution >= 0.6 is 22.6 Å². The van der Waals surface area contributed by atoms with Crippen LogP contribution in [0.15, 0.2) is 18.2 Å². The molecular weight excluding hydrogens is 369 g/mol. The second-order valence-corrected chi connectivity index (χ2v) is 6.61. The molecule has 6 heteroatoms. The number of hydrogen-bond acceptors (Lipinski definition) is 4. The van der Waals surface area contributed by atoms with Crippen LogP contribution in [0, 0.1) is 3.57 Å². The number of benzene rings is 1. The molecule has 1 aromatic rings. The van der Waals surface area contributed by atoms with Gasteiger partial charge < -0.3 is 21.1 Å². The molecule has 0 aromatic heterocycles. The van der Waals surface area contributed by atoms with E-state index < -0.39 is 5.60 Å². The van der Waals surface area contributed by atoms with Crippen molar-refractivity contribution >= 4 is 40.1 Å². The number of ether oxygens (including phenoxy) is 1. The zero-order chi connectivity index (χ0) is 15.2. The number of carbonyl (C=O) groups is 1. The molecule has 0 saturated heterocycles. The Balaban J connectivity index is 2.21. The third kappa shape index (κ3) is 6.83.